The van der Waals surface area contributed by atoms with Gasteiger partial charge in [-0.25, -0.2) is 5.43 Å². The molecule has 1 N–H and O–H groups in total. The number of nitrogens with one attached hydrogen (secondary N) is 1. The maximum absolute atomic E-state index is 12.0. The summed E-state index contributed by atoms with van der Waals surface area (Å²) in [5, 5.41) is 14.8. The number of benzene rings is 2. The predicted octanol–water partition coefficient (Wildman–Crippen LogP) is 0.590. The quantitative estimate of drug-likeness (QED) is 0.430. The van der Waals surface area contributed by atoms with Crippen molar-refractivity contribution in [3.05, 3.63) is 90.0 Å². The van der Waals surface area contributed by atoms with Crippen molar-refractivity contribution in [1.82, 2.24) is 5.43 Å². The van der Waals surface area contributed by atoms with Crippen molar-refractivity contribution in [2.24, 2.45) is 5.10 Å². The monoisotopic (exact) mass is 323 g/mol. The van der Waals surface area contributed by atoms with Gasteiger partial charge in [0, 0.05) is 28.5 Å². The number of carbonyl (C=O) groups is 1. The number of nitro benzene ring substituents is 1. The van der Waals surface area contributed by atoms with Crippen molar-refractivity contribution in [2.75, 3.05) is 0 Å². The maximum Gasteiger partial charge on any atom is 0.271 e. The molecule has 0 aliphatic heterocycles. The molecule has 8 nitrogen and oxygen atoms in total. The molecular formula is C16H9N3O5. The van der Waals surface area contributed by atoms with Crippen LogP contribution in [0.15, 0.2) is 63.2 Å². The van der Waals surface area contributed by atoms with E-state index in [4.69, 9.17) is 0 Å². The Morgan fingerprint density at radius 1 is 0.958 bits per heavy atom. The number of fused-ring (bicyclic) bond motifs is 1. The molecule has 0 fully saturated rings. The van der Waals surface area contributed by atoms with Crippen LogP contribution in [0.2, 0.25) is 0 Å². The van der Waals surface area contributed by atoms with Crippen LogP contribution in [0.3, 0.4) is 0 Å². The maximum atomic E-state index is 12.0. The van der Waals surface area contributed by atoms with Gasteiger partial charge < -0.3 is 0 Å². The summed E-state index contributed by atoms with van der Waals surface area (Å²) in [6.45, 7) is 0. The van der Waals surface area contributed by atoms with E-state index in [0.29, 0.717) is 5.39 Å². The molecule has 0 spiro atoms. The molecule has 118 valence electrons. The second-order valence-corrected chi connectivity index (χ2v) is 4.91. The fourth-order valence-corrected chi connectivity index (χ4v) is 2.26. The summed E-state index contributed by atoms with van der Waals surface area (Å²) in [7, 11) is 0. The lowest BCUT2D eigenvalue weighted by atomic mass is 10.2. The summed E-state index contributed by atoms with van der Waals surface area (Å²) in [5.41, 5.74) is 0.708. The molecule has 0 aliphatic rings. The Hall–Kier alpha value is -3.68. The number of amides is 1. The zero-order valence-corrected chi connectivity index (χ0v) is 12.1. The molecule has 3 aromatic carbocycles. The fourth-order valence-electron chi connectivity index (χ4n) is 2.26. The van der Waals surface area contributed by atoms with Crippen LogP contribution in [0.25, 0.3) is 10.8 Å². The van der Waals surface area contributed by atoms with E-state index in [0.717, 1.165) is 0 Å². The van der Waals surface area contributed by atoms with E-state index in [1.807, 2.05) is 0 Å². The average molecular weight is 323 g/mol. The highest BCUT2D eigenvalue weighted by Crippen LogP contribution is 2.11. The van der Waals surface area contributed by atoms with Crippen molar-refractivity contribution in [2.45, 2.75) is 0 Å². The Kier molecular flexibility index (Phi) is 3.70. The molecule has 0 saturated heterocycles. The molecule has 0 aliphatic carbocycles. The highest BCUT2D eigenvalue weighted by Gasteiger charge is 2.12. The molecule has 0 aromatic heterocycles. The number of nitrogens with zero attached hydrogens (tertiary/aromatic N) is 2. The number of rotatable bonds is 3. The summed E-state index contributed by atoms with van der Waals surface area (Å²) >= 11 is 0. The van der Waals surface area contributed by atoms with Gasteiger partial charge in [0.25, 0.3) is 17.0 Å². The van der Waals surface area contributed by atoms with Gasteiger partial charge in [0.2, 0.25) is 5.43 Å². The first-order valence-electron chi connectivity index (χ1n) is 6.80. The van der Waals surface area contributed by atoms with E-state index in [1.165, 1.54) is 30.3 Å². The third-order valence-electron chi connectivity index (χ3n) is 3.46. The van der Waals surface area contributed by atoms with Gasteiger partial charge in [-0.3, -0.25) is 24.5 Å². The minimum Gasteiger partial charge on any atom is -0.285 e. The van der Waals surface area contributed by atoms with E-state index in [1.54, 1.807) is 18.2 Å². The molecule has 0 saturated carbocycles. The minimum absolute atomic E-state index is 0.133. The minimum atomic E-state index is -0.791. The fraction of sp³-hybridized carbons (Fsp3) is 0. The smallest absolute Gasteiger partial charge is 0.271 e. The van der Waals surface area contributed by atoms with Gasteiger partial charge >= 0.3 is 0 Å². The molecule has 0 heterocycles. The Labute approximate surface area is 133 Å². The predicted molar refractivity (Wildman–Crippen MR) is 85.0 cm³/mol. The highest BCUT2D eigenvalue weighted by molar-refractivity contribution is 5.94. The van der Waals surface area contributed by atoms with Gasteiger partial charge in [-0.05, 0) is 12.1 Å². The zero-order chi connectivity index (χ0) is 17.3. The van der Waals surface area contributed by atoms with Crippen molar-refractivity contribution in [3.63, 3.8) is 0 Å². The van der Waals surface area contributed by atoms with Crippen LogP contribution < -0.4 is 21.6 Å². The van der Waals surface area contributed by atoms with Gasteiger partial charge in [-0.15, -0.1) is 0 Å². The molecule has 8 heteroatoms. The normalized spacial score (nSPS) is 11.6. The molecule has 0 unspecified atom stereocenters. The number of non-ortho nitro benzene ring substituents is 1. The van der Waals surface area contributed by atoms with E-state index in [9.17, 15) is 24.5 Å². The van der Waals surface area contributed by atoms with E-state index >= 15 is 0 Å². The first-order valence-corrected chi connectivity index (χ1v) is 6.80. The summed E-state index contributed by atoms with van der Waals surface area (Å²) in [5.74, 6) is -0.651. The van der Waals surface area contributed by atoms with Crippen LogP contribution in [0.1, 0.15) is 10.4 Å². The van der Waals surface area contributed by atoms with Gasteiger partial charge in [0.1, 0.15) is 5.36 Å². The molecule has 24 heavy (non-hydrogen) atoms. The Morgan fingerprint density at radius 2 is 1.58 bits per heavy atom. The molecule has 1 amide bonds. The highest BCUT2D eigenvalue weighted by atomic mass is 16.6. The van der Waals surface area contributed by atoms with Crippen molar-refractivity contribution in [1.29, 1.82) is 0 Å². The lowest BCUT2D eigenvalue weighted by Crippen LogP contribution is -2.33. The lowest BCUT2D eigenvalue weighted by molar-refractivity contribution is -0.384. The third kappa shape index (κ3) is 2.56. The van der Waals surface area contributed by atoms with Crippen molar-refractivity contribution < 1.29 is 9.72 Å². The Bertz CT molecular complexity index is 1110. The molecule has 0 atom stereocenters. The molecule has 3 aromatic rings. The van der Waals surface area contributed by atoms with Crippen LogP contribution >= 0.6 is 0 Å². The Balaban J connectivity index is 1.95. The van der Waals surface area contributed by atoms with Crippen LogP contribution in [0.5, 0.6) is 0 Å². The molecular weight excluding hydrogens is 314 g/mol. The molecule has 0 bridgehead atoms. The van der Waals surface area contributed by atoms with Crippen LogP contribution in [-0.4, -0.2) is 10.8 Å². The third-order valence-corrected chi connectivity index (χ3v) is 3.46. The van der Waals surface area contributed by atoms with E-state index < -0.39 is 21.7 Å². The standard InChI is InChI=1S/C16H9N3O5/c20-14-12-4-2-1-3-11(12)13(15(14)21)17-18-16(22)9-5-7-10(8-6-9)19(23)24/h1-8H,(H,18,22)/b17-13+. The summed E-state index contributed by atoms with van der Waals surface area (Å²) in [6.07, 6.45) is 0. The first-order chi connectivity index (χ1) is 11.5. The van der Waals surface area contributed by atoms with Gasteiger partial charge in [-0.1, -0.05) is 24.3 Å². The summed E-state index contributed by atoms with van der Waals surface area (Å²) in [6, 6.07) is 11.3. The summed E-state index contributed by atoms with van der Waals surface area (Å²) < 4.78 is 0. The van der Waals surface area contributed by atoms with E-state index in [-0.39, 0.29) is 22.0 Å². The Morgan fingerprint density at radius 3 is 2.21 bits per heavy atom. The van der Waals surface area contributed by atoms with Crippen LogP contribution in [0, 0.1) is 10.1 Å². The van der Waals surface area contributed by atoms with Gasteiger partial charge in [0.15, 0.2) is 0 Å². The molecule has 0 radical (unpaired) electrons. The largest absolute Gasteiger partial charge is 0.285 e. The SMILES string of the molecule is O=C(N/N=c1/c(=O)c(=O)c2ccccc12)c1ccc([N+](=O)[O-])cc1. The van der Waals surface area contributed by atoms with E-state index in [2.05, 4.69) is 10.5 Å². The second-order valence-electron chi connectivity index (χ2n) is 4.91. The van der Waals surface area contributed by atoms with Gasteiger partial charge in [-0.2, -0.15) is 5.10 Å². The average Bonchev–Trinajstić information content (AvgIpc) is 2.84. The van der Waals surface area contributed by atoms with Crippen LogP contribution in [-0.2, 0) is 0 Å². The summed E-state index contributed by atoms with van der Waals surface area (Å²) in [4.78, 5) is 45.7. The topological polar surface area (TPSA) is 119 Å². The van der Waals surface area contributed by atoms with Crippen molar-refractivity contribution >= 4 is 22.4 Å². The lowest BCUT2D eigenvalue weighted by Gasteiger charge is -1.98. The number of hydrogen-bond donors (Lipinski definition) is 1. The van der Waals surface area contributed by atoms with Crippen LogP contribution in [0.4, 0.5) is 5.69 Å². The van der Waals surface area contributed by atoms with Crippen molar-refractivity contribution in [3.8, 4) is 0 Å². The number of carbonyl (C=O) groups excluding carboxylic acids is 1. The second kappa shape index (κ2) is 5.84. The number of nitro groups is 1. The van der Waals surface area contributed by atoms with Gasteiger partial charge in [0.05, 0.1) is 4.92 Å². The zero-order valence-electron chi connectivity index (χ0n) is 12.1. The first kappa shape index (κ1) is 15.2. The number of hydrogen-bond acceptors (Lipinski definition) is 6. The molecule has 3 rings (SSSR count).